The lowest BCUT2D eigenvalue weighted by atomic mass is 10.1. The Hall–Kier alpha value is -1.79. The molecule has 1 saturated heterocycles. The first-order valence-electron chi connectivity index (χ1n) is 9.24. The smallest absolute Gasteiger partial charge is 0.279 e. The van der Waals surface area contributed by atoms with Crippen molar-refractivity contribution in [3.8, 4) is 11.5 Å². The van der Waals surface area contributed by atoms with Crippen LogP contribution in [-0.4, -0.2) is 52.0 Å². The minimum Gasteiger partial charge on any atom is -0.490 e. The molecule has 2 rings (SSSR count). The number of rotatable bonds is 9. The van der Waals surface area contributed by atoms with Gasteiger partial charge in [-0.3, -0.25) is 4.79 Å². The molecule has 0 spiro atoms. The largest absolute Gasteiger partial charge is 0.490 e. The topological polar surface area (TPSA) is 61.2 Å². The number of amides is 1. The van der Waals surface area contributed by atoms with Gasteiger partial charge in [0.05, 0.1) is 20.3 Å². The number of hydrogen-bond acceptors (Lipinski definition) is 4. The van der Waals surface area contributed by atoms with Crippen LogP contribution in [0.15, 0.2) is 18.2 Å². The van der Waals surface area contributed by atoms with Gasteiger partial charge in [-0.1, -0.05) is 0 Å². The first-order chi connectivity index (χ1) is 12.1. The maximum atomic E-state index is 12.3. The van der Waals surface area contributed by atoms with Gasteiger partial charge in [0.25, 0.3) is 5.91 Å². The van der Waals surface area contributed by atoms with E-state index in [1.165, 1.54) is 6.42 Å². The van der Waals surface area contributed by atoms with Crippen LogP contribution in [0.3, 0.4) is 0 Å². The maximum Gasteiger partial charge on any atom is 0.279 e. The Morgan fingerprint density at radius 3 is 2.68 bits per heavy atom. The summed E-state index contributed by atoms with van der Waals surface area (Å²) in [5.41, 5.74) is 0.721. The van der Waals surface area contributed by atoms with Crippen LogP contribution >= 0.6 is 0 Å². The van der Waals surface area contributed by atoms with E-state index in [1.807, 2.05) is 39.1 Å². The molecule has 1 unspecified atom stereocenters. The van der Waals surface area contributed by atoms with E-state index in [1.54, 1.807) is 0 Å². The van der Waals surface area contributed by atoms with Gasteiger partial charge in [-0.2, -0.15) is 0 Å². The van der Waals surface area contributed by atoms with Gasteiger partial charge in [-0.25, -0.2) is 0 Å². The Bertz CT molecular complexity index is 544. The summed E-state index contributed by atoms with van der Waals surface area (Å²) >= 11 is 0. The molecule has 1 fully saturated rings. The van der Waals surface area contributed by atoms with Crippen molar-refractivity contribution in [2.24, 2.45) is 0 Å². The Morgan fingerprint density at radius 2 is 2.00 bits per heavy atom. The van der Waals surface area contributed by atoms with Crippen molar-refractivity contribution in [2.45, 2.75) is 39.2 Å². The minimum absolute atomic E-state index is 0.0140. The van der Waals surface area contributed by atoms with Crippen LogP contribution in [0.1, 0.15) is 33.1 Å². The summed E-state index contributed by atoms with van der Waals surface area (Å²) in [6, 6.07) is 5.48. The van der Waals surface area contributed by atoms with Crippen molar-refractivity contribution in [1.82, 2.24) is 0 Å². The lowest BCUT2D eigenvalue weighted by Crippen LogP contribution is -3.11. The van der Waals surface area contributed by atoms with Crippen LogP contribution in [0.25, 0.3) is 0 Å². The molecule has 6 heteroatoms. The van der Waals surface area contributed by atoms with E-state index in [4.69, 9.17) is 14.2 Å². The Kier molecular flexibility index (Phi) is 8.01. The molecule has 1 heterocycles. The zero-order valence-electron chi connectivity index (χ0n) is 15.6. The van der Waals surface area contributed by atoms with Crippen molar-refractivity contribution in [2.75, 3.05) is 45.3 Å². The van der Waals surface area contributed by atoms with Crippen LogP contribution < -0.4 is 19.7 Å². The molecule has 2 N–H and O–H groups in total. The quantitative estimate of drug-likeness (QED) is 0.708. The van der Waals surface area contributed by atoms with Crippen molar-refractivity contribution < 1.29 is 23.9 Å². The van der Waals surface area contributed by atoms with Crippen LogP contribution in [0.2, 0.25) is 0 Å². The number of anilines is 1. The Morgan fingerprint density at radius 1 is 1.24 bits per heavy atom. The molecule has 0 aliphatic carbocycles. The maximum absolute atomic E-state index is 12.3. The highest BCUT2D eigenvalue weighted by molar-refractivity contribution is 5.91. The summed E-state index contributed by atoms with van der Waals surface area (Å²) in [6.45, 7) is 7.09. The molecule has 0 bridgehead atoms. The number of nitrogens with one attached hydrogen (secondary N) is 2. The molecular formula is C19H31N2O4+. The monoisotopic (exact) mass is 351 g/mol. The van der Waals surface area contributed by atoms with Gasteiger partial charge >= 0.3 is 0 Å². The molecule has 2 atom stereocenters. The van der Waals surface area contributed by atoms with Crippen LogP contribution in [0.4, 0.5) is 5.69 Å². The number of carbonyl (C=O) groups is 1. The molecule has 0 aromatic heterocycles. The fourth-order valence-electron chi connectivity index (χ4n) is 3.04. The van der Waals surface area contributed by atoms with E-state index < -0.39 is 0 Å². The molecule has 140 valence electrons. The fourth-order valence-corrected chi connectivity index (χ4v) is 3.04. The third-order valence-electron chi connectivity index (χ3n) is 4.14. The number of benzene rings is 1. The van der Waals surface area contributed by atoms with Crippen LogP contribution in [0, 0.1) is 0 Å². The van der Waals surface area contributed by atoms with Crippen molar-refractivity contribution >= 4 is 11.6 Å². The second-order valence-electron chi connectivity index (χ2n) is 6.40. The average Bonchev–Trinajstić information content (AvgIpc) is 2.58. The van der Waals surface area contributed by atoms with Gasteiger partial charge in [-0.05, 0) is 45.2 Å². The molecule has 1 aliphatic heterocycles. The summed E-state index contributed by atoms with van der Waals surface area (Å²) in [4.78, 5) is 13.5. The normalized spacial score (nSPS) is 18.4. The van der Waals surface area contributed by atoms with Gasteiger partial charge < -0.3 is 24.4 Å². The summed E-state index contributed by atoms with van der Waals surface area (Å²) in [5.74, 6) is 1.33. The van der Waals surface area contributed by atoms with Gasteiger partial charge in [0, 0.05) is 18.4 Å². The van der Waals surface area contributed by atoms with E-state index >= 15 is 0 Å². The minimum atomic E-state index is -0.0140. The molecule has 0 saturated carbocycles. The molecule has 25 heavy (non-hydrogen) atoms. The lowest BCUT2D eigenvalue weighted by molar-refractivity contribution is -0.874. The van der Waals surface area contributed by atoms with Gasteiger partial charge in [0.2, 0.25) is 0 Å². The predicted octanol–water partition coefficient (Wildman–Crippen LogP) is 1.51. The second-order valence-corrected chi connectivity index (χ2v) is 6.40. The van der Waals surface area contributed by atoms with Crippen LogP contribution in [0.5, 0.6) is 11.5 Å². The molecule has 6 nitrogen and oxygen atoms in total. The van der Waals surface area contributed by atoms with Crippen molar-refractivity contribution in [1.29, 1.82) is 0 Å². The number of hydrogen-bond donors (Lipinski definition) is 2. The van der Waals surface area contributed by atoms with E-state index in [9.17, 15) is 4.79 Å². The molecular weight excluding hydrogens is 320 g/mol. The Labute approximate surface area is 150 Å². The number of carbonyl (C=O) groups excluding carboxylic acids is 1. The van der Waals surface area contributed by atoms with Crippen LogP contribution in [-0.2, 0) is 9.53 Å². The number of likely N-dealkylation sites (N-methyl/N-ethyl adjacent to an activating group) is 1. The van der Waals surface area contributed by atoms with E-state index in [2.05, 4.69) is 5.32 Å². The van der Waals surface area contributed by atoms with Gasteiger partial charge in [0.15, 0.2) is 18.0 Å². The standard InChI is InChI=1S/C19H30N2O4/c1-4-23-17-10-9-15(12-18(17)24-5-2)20-19(22)14-21(3)13-16-8-6-7-11-25-16/h9-10,12,16H,4-8,11,13-14H2,1-3H3,(H,20,22)/p+1/t16-/m1/s1. The number of quaternary nitrogens is 1. The van der Waals surface area contributed by atoms with Gasteiger partial charge in [-0.15, -0.1) is 0 Å². The summed E-state index contributed by atoms with van der Waals surface area (Å²) in [7, 11) is 2.03. The van der Waals surface area contributed by atoms with Crippen molar-refractivity contribution in [3.63, 3.8) is 0 Å². The average molecular weight is 351 g/mol. The molecule has 1 amide bonds. The SMILES string of the molecule is CCOc1ccc(NC(=O)C[NH+](C)C[C@H]2CCCCO2)cc1OCC. The third-order valence-corrected chi connectivity index (χ3v) is 4.14. The van der Waals surface area contributed by atoms with Gasteiger partial charge in [0.1, 0.15) is 12.6 Å². The predicted molar refractivity (Wildman–Crippen MR) is 97.6 cm³/mol. The molecule has 1 aromatic carbocycles. The van der Waals surface area contributed by atoms with E-state index in [0.29, 0.717) is 31.3 Å². The summed E-state index contributed by atoms with van der Waals surface area (Å²) in [6.07, 6.45) is 3.73. The summed E-state index contributed by atoms with van der Waals surface area (Å²) in [5, 5.41) is 2.94. The highest BCUT2D eigenvalue weighted by Gasteiger charge is 2.20. The molecule has 1 aliphatic rings. The first kappa shape index (κ1) is 19.5. The molecule has 0 radical (unpaired) electrons. The lowest BCUT2D eigenvalue weighted by Gasteiger charge is -2.25. The summed E-state index contributed by atoms with van der Waals surface area (Å²) < 4.78 is 16.9. The highest BCUT2D eigenvalue weighted by Crippen LogP contribution is 2.30. The first-order valence-corrected chi connectivity index (χ1v) is 9.24. The fraction of sp³-hybridized carbons (Fsp3) is 0.632. The van der Waals surface area contributed by atoms with Crippen molar-refractivity contribution in [3.05, 3.63) is 18.2 Å². The number of ether oxygens (including phenoxy) is 3. The zero-order valence-corrected chi connectivity index (χ0v) is 15.6. The molecule has 1 aromatic rings. The second kappa shape index (κ2) is 10.3. The van der Waals surface area contributed by atoms with E-state index in [-0.39, 0.29) is 12.0 Å². The van der Waals surface area contributed by atoms with E-state index in [0.717, 1.165) is 36.6 Å². The third kappa shape index (κ3) is 6.55. The highest BCUT2D eigenvalue weighted by atomic mass is 16.5. The zero-order chi connectivity index (χ0) is 18.1. The Balaban J connectivity index is 1.87.